The summed E-state index contributed by atoms with van der Waals surface area (Å²) in [7, 11) is 0. The van der Waals surface area contributed by atoms with Gasteiger partial charge in [-0.3, -0.25) is 14.5 Å². The molecule has 0 atom stereocenters. The quantitative estimate of drug-likeness (QED) is 0.723. The van der Waals surface area contributed by atoms with Crippen molar-refractivity contribution in [1.82, 2.24) is 15.2 Å². The van der Waals surface area contributed by atoms with Gasteiger partial charge in [0, 0.05) is 48.0 Å². The summed E-state index contributed by atoms with van der Waals surface area (Å²) >= 11 is 3.39. The molecule has 1 aliphatic carbocycles. The SMILES string of the molecule is CC(C)C(=O)Nc1nc(CC(=O)NCC2(N3CCSCC3)CCCC2)cs1. The molecule has 2 fully saturated rings. The van der Waals surface area contributed by atoms with E-state index in [1.54, 1.807) is 0 Å². The van der Waals surface area contributed by atoms with Crippen LogP contribution in [0.4, 0.5) is 5.13 Å². The summed E-state index contributed by atoms with van der Waals surface area (Å²) < 4.78 is 0. The molecule has 3 rings (SSSR count). The normalized spacial score (nSPS) is 20.0. The van der Waals surface area contributed by atoms with E-state index in [2.05, 4.69) is 20.5 Å². The third-order valence-corrected chi connectivity index (χ3v) is 7.23. The molecule has 0 radical (unpaired) electrons. The molecular weight excluding hydrogens is 380 g/mol. The largest absolute Gasteiger partial charge is 0.354 e. The third kappa shape index (κ3) is 5.45. The number of amides is 2. The molecule has 1 aromatic heterocycles. The maximum atomic E-state index is 12.5. The molecule has 1 aromatic rings. The second-order valence-corrected chi connectivity index (χ2v) is 9.86. The van der Waals surface area contributed by atoms with Gasteiger partial charge < -0.3 is 10.6 Å². The number of nitrogens with one attached hydrogen (secondary N) is 2. The Morgan fingerprint density at radius 2 is 1.96 bits per heavy atom. The fourth-order valence-electron chi connectivity index (χ4n) is 3.86. The van der Waals surface area contributed by atoms with E-state index in [0.29, 0.717) is 10.8 Å². The van der Waals surface area contributed by atoms with Gasteiger partial charge in [0.05, 0.1) is 12.1 Å². The number of aromatic nitrogens is 1. The molecule has 2 heterocycles. The van der Waals surface area contributed by atoms with Gasteiger partial charge in [-0.1, -0.05) is 26.7 Å². The zero-order chi connectivity index (χ0) is 19.3. The first-order valence-corrected chi connectivity index (χ1v) is 11.9. The van der Waals surface area contributed by atoms with Crippen molar-refractivity contribution >= 4 is 40.0 Å². The lowest BCUT2D eigenvalue weighted by molar-refractivity contribution is -0.121. The minimum absolute atomic E-state index is 0.0136. The summed E-state index contributed by atoms with van der Waals surface area (Å²) in [4.78, 5) is 31.2. The van der Waals surface area contributed by atoms with Gasteiger partial charge in [0.2, 0.25) is 11.8 Å². The Balaban J connectivity index is 1.51. The summed E-state index contributed by atoms with van der Waals surface area (Å²) in [5.41, 5.74) is 0.862. The van der Waals surface area contributed by atoms with Crippen molar-refractivity contribution in [2.45, 2.75) is 51.5 Å². The van der Waals surface area contributed by atoms with Crippen LogP contribution in [0.25, 0.3) is 0 Å². The van der Waals surface area contributed by atoms with E-state index in [1.165, 1.54) is 48.5 Å². The lowest BCUT2D eigenvalue weighted by Gasteiger charge is -2.43. The van der Waals surface area contributed by atoms with Crippen molar-refractivity contribution in [3.05, 3.63) is 11.1 Å². The lowest BCUT2D eigenvalue weighted by Crippen LogP contribution is -2.56. The summed E-state index contributed by atoms with van der Waals surface area (Å²) in [6, 6.07) is 0. The smallest absolute Gasteiger partial charge is 0.228 e. The second-order valence-electron chi connectivity index (χ2n) is 7.77. The first-order valence-electron chi connectivity index (χ1n) is 9.83. The van der Waals surface area contributed by atoms with E-state index in [0.717, 1.165) is 19.6 Å². The number of hydrogen-bond acceptors (Lipinski definition) is 6. The molecule has 1 saturated carbocycles. The van der Waals surface area contributed by atoms with Crippen molar-refractivity contribution in [2.75, 3.05) is 36.5 Å². The average Bonchev–Trinajstić information content (AvgIpc) is 3.31. The minimum Gasteiger partial charge on any atom is -0.354 e. The van der Waals surface area contributed by atoms with Gasteiger partial charge in [-0.15, -0.1) is 11.3 Å². The Hall–Kier alpha value is -1.12. The fraction of sp³-hybridized carbons (Fsp3) is 0.737. The van der Waals surface area contributed by atoms with E-state index >= 15 is 0 Å². The van der Waals surface area contributed by atoms with Crippen molar-refractivity contribution in [3.63, 3.8) is 0 Å². The Morgan fingerprint density at radius 1 is 1.26 bits per heavy atom. The highest BCUT2D eigenvalue weighted by molar-refractivity contribution is 7.99. The molecular formula is C19H30N4O2S2. The molecule has 2 amide bonds. The fourth-order valence-corrected chi connectivity index (χ4v) is 5.48. The summed E-state index contributed by atoms with van der Waals surface area (Å²) in [6.07, 6.45) is 5.13. The van der Waals surface area contributed by atoms with Crippen molar-refractivity contribution in [1.29, 1.82) is 0 Å². The highest BCUT2D eigenvalue weighted by Crippen LogP contribution is 2.36. The van der Waals surface area contributed by atoms with Crippen LogP contribution in [-0.4, -0.2) is 58.4 Å². The average molecular weight is 411 g/mol. The number of thioether (sulfide) groups is 1. The molecule has 6 nitrogen and oxygen atoms in total. The van der Waals surface area contributed by atoms with Crippen LogP contribution in [0.5, 0.6) is 0 Å². The zero-order valence-corrected chi connectivity index (χ0v) is 17.9. The first kappa shape index (κ1) is 20.6. The van der Waals surface area contributed by atoms with Crippen LogP contribution in [0.1, 0.15) is 45.2 Å². The Bertz CT molecular complexity index is 650. The van der Waals surface area contributed by atoms with Crippen molar-refractivity contribution < 1.29 is 9.59 Å². The molecule has 0 unspecified atom stereocenters. The van der Waals surface area contributed by atoms with E-state index in [-0.39, 0.29) is 29.7 Å². The highest BCUT2D eigenvalue weighted by Gasteiger charge is 2.40. The summed E-state index contributed by atoms with van der Waals surface area (Å²) in [5.74, 6) is 2.26. The van der Waals surface area contributed by atoms with E-state index in [9.17, 15) is 9.59 Å². The van der Waals surface area contributed by atoms with Crippen LogP contribution in [0.3, 0.4) is 0 Å². The first-order chi connectivity index (χ1) is 13.0. The number of thiazole rings is 1. The van der Waals surface area contributed by atoms with Gasteiger partial charge in [0.15, 0.2) is 5.13 Å². The van der Waals surface area contributed by atoms with Crippen LogP contribution in [0.2, 0.25) is 0 Å². The Morgan fingerprint density at radius 3 is 2.63 bits per heavy atom. The van der Waals surface area contributed by atoms with Crippen LogP contribution in [0, 0.1) is 5.92 Å². The predicted octanol–water partition coefficient (Wildman–Crippen LogP) is 2.76. The maximum Gasteiger partial charge on any atom is 0.228 e. The minimum atomic E-state index is -0.0866. The van der Waals surface area contributed by atoms with Gasteiger partial charge in [-0.2, -0.15) is 11.8 Å². The number of carbonyl (C=O) groups is 2. The van der Waals surface area contributed by atoms with Crippen LogP contribution in [-0.2, 0) is 16.0 Å². The van der Waals surface area contributed by atoms with Gasteiger partial charge in [-0.05, 0) is 12.8 Å². The Labute approximate surface area is 169 Å². The standard InChI is InChI=1S/C19H30N4O2S2/c1-14(2)17(25)22-18-21-15(12-27-18)11-16(24)20-13-19(5-3-4-6-19)23-7-9-26-10-8-23/h12,14H,3-11,13H2,1-2H3,(H,20,24)(H,21,22,25). The maximum absolute atomic E-state index is 12.5. The highest BCUT2D eigenvalue weighted by atomic mass is 32.2. The van der Waals surface area contributed by atoms with Crippen LogP contribution in [0.15, 0.2) is 5.38 Å². The number of carbonyl (C=O) groups excluding carboxylic acids is 2. The summed E-state index contributed by atoms with van der Waals surface area (Å²) in [6.45, 7) is 6.68. The monoisotopic (exact) mass is 410 g/mol. The number of nitrogens with zero attached hydrogens (tertiary/aromatic N) is 2. The third-order valence-electron chi connectivity index (χ3n) is 5.48. The predicted molar refractivity (Wildman–Crippen MR) is 112 cm³/mol. The molecule has 150 valence electrons. The van der Waals surface area contributed by atoms with E-state index in [1.807, 2.05) is 31.0 Å². The topological polar surface area (TPSA) is 74.3 Å². The molecule has 1 aliphatic heterocycles. The van der Waals surface area contributed by atoms with Crippen LogP contribution < -0.4 is 10.6 Å². The van der Waals surface area contributed by atoms with E-state index < -0.39 is 0 Å². The van der Waals surface area contributed by atoms with Gasteiger partial charge in [-0.25, -0.2) is 4.98 Å². The Kier molecular flexibility index (Phi) is 7.16. The molecule has 8 heteroatoms. The van der Waals surface area contributed by atoms with E-state index in [4.69, 9.17) is 0 Å². The van der Waals surface area contributed by atoms with Crippen molar-refractivity contribution in [2.24, 2.45) is 5.92 Å². The van der Waals surface area contributed by atoms with Gasteiger partial charge in [0.1, 0.15) is 0 Å². The number of anilines is 1. The molecule has 0 spiro atoms. The van der Waals surface area contributed by atoms with Gasteiger partial charge >= 0.3 is 0 Å². The van der Waals surface area contributed by atoms with Gasteiger partial charge in [0.25, 0.3) is 0 Å². The molecule has 0 aromatic carbocycles. The summed E-state index contributed by atoms with van der Waals surface area (Å²) in [5, 5.41) is 8.37. The lowest BCUT2D eigenvalue weighted by atomic mass is 9.94. The molecule has 0 bridgehead atoms. The molecule has 2 aliphatic rings. The second kappa shape index (κ2) is 9.39. The zero-order valence-electron chi connectivity index (χ0n) is 16.3. The molecule has 1 saturated heterocycles. The molecule has 27 heavy (non-hydrogen) atoms. The number of rotatable bonds is 7. The molecule has 2 N–H and O–H groups in total. The van der Waals surface area contributed by atoms with Crippen LogP contribution >= 0.6 is 23.1 Å². The number of hydrogen-bond donors (Lipinski definition) is 2. The van der Waals surface area contributed by atoms with Crippen molar-refractivity contribution in [3.8, 4) is 0 Å².